The number of ether oxygens (including phenoxy) is 1. The highest BCUT2D eigenvalue weighted by atomic mass is 16.5. The van der Waals surface area contributed by atoms with E-state index in [1.165, 1.54) is 42.0 Å². The van der Waals surface area contributed by atoms with Crippen LogP contribution in [0.2, 0.25) is 0 Å². The molecule has 1 saturated heterocycles. The van der Waals surface area contributed by atoms with Gasteiger partial charge in [-0.15, -0.1) is 0 Å². The molecule has 2 N–H and O–H groups in total. The van der Waals surface area contributed by atoms with Crippen LogP contribution in [0.15, 0.2) is 18.2 Å². The summed E-state index contributed by atoms with van der Waals surface area (Å²) in [6, 6.07) is 6.34. The molecule has 0 spiro atoms. The smallest absolute Gasteiger partial charge is 0.137 e. The average Bonchev–Trinajstić information content (AvgIpc) is 2.47. The Morgan fingerprint density at radius 2 is 1.95 bits per heavy atom. The van der Waals surface area contributed by atoms with Crippen molar-refractivity contribution in [2.24, 2.45) is 5.92 Å². The minimum Gasteiger partial charge on any atom is -0.490 e. The van der Waals surface area contributed by atoms with E-state index < -0.39 is 0 Å². The van der Waals surface area contributed by atoms with Crippen LogP contribution < -0.4 is 9.64 Å². The number of aliphatic hydroxyl groups is 1. The largest absolute Gasteiger partial charge is 0.490 e. The molecule has 0 amide bonds. The predicted octanol–water partition coefficient (Wildman–Crippen LogP) is 2.17. The standard InChI is InChI=1S/C19H31NO2/c1-14(2)18-6-5-16(4)11-19(18)22-13-17(21)12-20-9-7-15(3)8-10-20/h5-6,11,14-15,17,21H,7-10,12-13H2,1-4H3/p+1/t17-/m0/s1. The Labute approximate surface area is 135 Å². The Morgan fingerprint density at radius 1 is 1.27 bits per heavy atom. The van der Waals surface area contributed by atoms with E-state index in [2.05, 4.69) is 45.9 Å². The maximum atomic E-state index is 10.3. The molecule has 0 bridgehead atoms. The van der Waals surface area contributed by atoms with Gasteiger partial charge >= 0.3 is 0 Å². The Bertz CT molecular complexity index is 465. The third-order valence-electron chi connectivity index (χ3n) is 4.73. The lowest BCUT2D eigenvalue weighted by Crippen LogP contribution is -3.14. The van der Waals surface area contributed by atoms with Gasteiger partial charge in [-0.1, -0.05) is 32.9 Å². The number of hydrogen-bond acceptors (Lipinski definition) is 2. The molecule has 0 radical (unpaired) electrons. The molecule has 1 atom stereocenters. The molecule has 0 aliphatic carbocycles. The van der Waals surface area contributed by atoms with Gasteiger partial charge in [0, 0.05) is 0 Å². The van der Waals surface area contributed by atoms with E-state index in [1.807, 2.05) is 0 Å². The van der Waals surface area contributed by atoms with Crippen LogP contribution in [0, 0.1) is 12.8 Å². The molecule has 1 aliphatic rings. The quantitative estimate of drug-likeness (QED) is 0.844. The Balaban J connectivity index is 1.85. The van der Waals surface area contributed by atoms with Gasteiger partial charge in [-0.2, -0.15) is 0 Å². The second-order valence-electron chi connectivity index (χ2n) is 7.30. The van der Waals surface area contributed by atoms with Gasteiger partial charge in [0.05, 0.1) is 13.1 Å². The lowest BCUT2D eigenvalue weighted by Gasteiger charge is -2.29. The molecule has 0 aromatic heterocycles. The van der Waals surface area contributed by atoms with Crippen molar-refractivity contribution in [3.05, 3.63) is 29.3 Å². The van der Waals surface area contributed by atoms with Gasteiger partial charge in [0.25, 0.3) is 0 Å². The fraction of sp³-hybridized carbons (Fsp3) is 0.684. The first kappa shape index (κ1) is 17.3. The summed E-state index contributed by atoms with van der Waals surface area (Å²) in [5.41, 5.74) is 2.42. The summed E-state index contributed by atoms with van der Waals surface area (Å²) >= 11 is 0. The fourth-order valence-electron chi connectivity index (χ4n) is 3.20. The first-order chi connectivity index (χ1) is 10.5. The predicted molar refractivity (Wildman–Crippen MR) is 90.7 cm³/mol. The number of aryl methyl sites for hydroxylation is 1. The maximum Gasteiger partial charge on any atom is 0.137 e. The minimum atomic E-state index is -0.385. The fourth-order valence-corrected chi connectivity index (χ4v) is 3.20. The highest BCUT2D eigenvalue weighted by Gasteiger charge is 2.22. The highest BCUT2D eigenvalue weighted by molar-refractivity contribution is 5.39. The van der Waals surface area contributed by atoms with E-state index >= 15 is 0 Å². The third-order valence-corrected chi connectivity index (χ3v) is 4.73. The molecular weight excluding hydrogens is 274 g/mol. The number of quaternary nitrogens is 1. The van der Waals surface area contributed by atoms with Crippen molar-refractivity contribution in [3.8, 4) is 5.75 Å². The van der Waals surface area contributed by atoms with Gasteiger partial charge in [0.1, 0.15) is 25.0 Å². The lowest BCUT2D eigenvalue weighted by molar-refractivity contribution is -0.909. The third kappa shape index (κ3) is 4.99. The monoisotopic (exact) mass is 306 g/mol. The summed E-state index contributed by atoms with van der Waals surface area (Å²) < 4.78 is 5.94. The summed E-state index contributed by atoms with van der Waals surface area (Å²) in [6.45, 7) is 12.3. The number of piperidine rings is 1. The molecule has 0 saturated carbocycles. The number of nitrogens with one attached hydrogen (secondary N) is 1. The first-order valence-corrected chi connectivity index (χ1v) is 8.70. The van der Waals surface area contributed by atoms with Crippen molar-refractivity contribution in [3.63, 3.8) is 0 Å². The highest BCUT2D eigenvalue weighted by Crippen LogP contribution is 2.27. The molecule has 3 heteroatoms. The molecule has 22 heavy (non-hydrogen) atoms. The molecule has 1 heterocycles. The van der Waals surface area contributed by atoms with Crippen LogP contribution in [0.1, 0.15) is 50.7 Å². The number of hydrogen-bond donors (Lipinski definition) is 2. The van der Waals surface area contributed by atoms with Crippen molar-refractivity contribution in [2.45, 2.75) is 52.6 Å². The molecule has 3 nitrogen and oxygen atoms in total. The maximum absolute atomic E-state index is 10.3. The summed E-state index contributed by atoms with van der Waals surface area (Å²) in [5, 5.41) is 10.3. The molecule has 1 fully saturated rings. The normalized spacial score (nSPS) is 23.5. The zero-order chi connectivity index (χ0) is 16.1. The van der Waals surface area contributed by atoms with Gasteiger partial charge in [-0.3, -0.25) is 0 Å². The Hall–Kier alpha value is -1.06. The van der Waals surface area contributed by atoms with Gasteiger partial charge in [0.2, 0.25) is 0 Å². The van der Waals surface area contributed by atoms with Crippen LogP contribution in [0.3, 0.4) is 0 Å². The van der Waals surface area contributed by atoms with Crippen molar-refractivity contribution in [2.75, 3.05) is 26.2 Å². The molecule has 1 aromatic rings. The van der Waals surface area contributed by atoms with Crippen LogP contribution in [0.4, 0.5) is 0 Å². The average molecular weight is 306 g/mol. The molecule has 124 valence electrons. The Kier molecular flexibility index (Phi) is 6.27. The van der Waals surface area contributed by atoms with E-state index in [4.69, 9.17) is 4.74 Å². The van der Waals surface area contributed by atoms with E-state index in [9.17, 15) is 5.11 Å². The van der Waals surface area contributed by atoms with Gasteiger partial charge < -0.3 is 14.7 Å². The van der Waals surface area contributed by atoms with Crippen LogP contribution in [-0.2, 0) is 0 Å². The number of likely N-dealkylation sites (tertiary alicyclic amines) is 1. The zero-order valence-corrected chi connectivity index (χ0v) is 14.6. The van der Waals surface area contributed by atoms with Crippen LogP contribution in [-0.4, -0.2) is 37.5 Å². The van der Waals surface area contributed by atoms with Crippen LogP contribution in [0.25, 0.3) is 0 Å². The molecular formula is C19H32NO2+. The van der Waals surface area contributed by atoms with E-state index in [0.29, 0.717) is 12.5 Å². The van der Waals surface area contributed by atoms with Crippen LogP contribution >= 0.6 is 0 Å². The lowest BCUT2D eigenvalue weighted by atomic mass is 9.99. The summed E-state index contributed by atoms with van der Waals surface area (Å²) in [7, 11) is 0. The summed E-state index contributed by atoms with van der Waals surface area (Å²) in [5.74, 6) is 2.20. The van der Waals surface area contributed by atoms with Crippen molar-refractivity contribution < 1.29 is 14.7 Å². The molecule has 2 rings (SSSR count). The SMILES string of the molecule is Cc1ccc(C(C)C)c(OC[C@@H](O)C[NH+]2CCC(C)CC2)c1. The van der Waals surface area contributed by atoms with Crippen molar-refractivity contribution >= 4 is 0 Å². The van der Waals surface area contributed by atoms with E-state index in [1.54, 1.807) is 0 Å². The second-order valence-corrected chi connectivity index (χ2v) is 7.30. The minimum absolute atomic E-state index is 0.385. The van der Waals surface area contributed by atoms with E-state index in [0.717, 1.165) is 18.2 Å². The van der Waals surface area contributed by atoms with Crippen LogP contribution in [0.5, 0.6) is 5.75 Å². The van der Waals surface area contributed by atoms with Gasteiger partial charge in [-0.25, -0.2) is 0 Å². The molecule has 0 unspecified atom stereocenters. The Morgan fingerprint density at radius 3 is 2.59 bits per heavy atom. The topological polar surface area (TPSA) is 33.9 Å². The molecule has 1 aliphatic heterocycles. The number of benzene rings is 1. The second kappa shape index (κ2) is 7.98. The van der Waals surface area contributed by atoms with Crippen molar-refractivity contribution in [1.82, 2.24) is 0 Å². The van der Waals surface area contributed by atoms with Gasteiger partial charge in [0.15, 0.2) is 0 Å². The zero-order valence-electron chi connectivity index (χ0n) is 14.6. The molecule has 1 aromatic carbocycles. The first-order valence-electron chi connectivity index (χ1n) is 8.70. The van der Waals surface area contributed by atoms with Gasteiger partial charge in [-0.05, 0) is 48.8 Å². The summed E-state index contributed by atoms with van der Waals surface area (Å²) in [6.07, 6.45) is 2.17. The van der Waals surface area contributed by atoms with E-state index in [-0.39, 0.29) is 6.10 Å². The number of aliphatic hydroxyl groups excluding tert-OH is 1. The number of rotatable bonds is 6. The summed E-state index contributed by atoms with van der Waals surface area (Å²) in [4.78, 5) is 1.52. The van der Waals surface area contributed by atoms with Crippen molar-refractivity contribution in [1.29, 1.82) is 0 Å².